The monoisotopic (exact) mass is 471 g/mol. The van der Waals surface area contributed by atoms with E-state index in [4.69, 9.17) is 15.2 Å². The summed E-state index contributed by atoms with van der Waals surface area (Å²) in [5, 5.41) is 10.9. The summed E-state index contributed by atoms with van der Waals surface area (Å²) in [5.41, 5.74) is 6.99. The van der Waals surface area contributed by atoms with Gasteiger partial charge >= 0.3 is 0 Å². The number of amides is 1. The number of hydroxylamine groups is 2. The molecule has 1 aliphatic rings. The van der Waals surface area contributed by atoms with Crippen LogP contribution in [-0.2, 0) is 25.9 Å². The number of sulfone groups is 1. The number of halogens is 1. The number of benzene rings is 1. The van der Waals surface area contributed by atoms with E-state index in [1.165, 1.54) is 43.8 Å². The zero-order valence-corrected chi connectivity index (χ0v) is 18.6. The first-order chi connectivity index (χ1) is 14.3. The second kappa shape index (κ2) is 10.4. The third-order valence-electron chi connectivity index (χ3n) is 5.29. The maximum atomic E-state index is 13.6. The Morgan fingerprint density at radius 1 is 1.23 bits per heavy atom. The maximum absolute atomic E-state index is 13.6. The van der Waals surface area contributed by atoms with Gasteiger partial charge < -0.3 is 15.2 Å². The number of rotatable bonds is 7. The fraction of sp³-hybridized carbons (Fsp3) is 0.400. The number of pyridine rings is 1. The van der Waals surface area contributed by atoms with E-state index in [-0.39, 0.29) is 49.9 Å². The molecule has 1 aliphatic heterocycles. The van der Waals surface area contributed by atoms with Crippen LogP contribution in [0.2, 0.25) is 0 Å². The Morgan fingerprint density at radius 2 is 1.81 bits per heavy atom. The van der Waals surface area contributed by atoms with E-state index in [1.54, 1.807) is 12.1 Å². The van der Waals surface area contributed by atoms with Crippen LogP contribution in [0.15, 0.2) is 53.7 Å². The highest BCUT2D eigenvalue weighted by molar-refractivity contribution is 7.93. The fourth-order valence-corrected chi connectivity index (χ4v) is 5.41. The van der Waals surface area contributed by atoms with Gasteiger partial charge in [0.1, 0.15) is 5.75 Å². The van der Waals surface area contributed by atoms with Crippen molar-refractivity contribution in [3.8, 4) is 5.75 Å². The molecule has 1 aromatic heterocycles. The van der Waals surface area contributed by atoms with Crippen LogP contribution in [0, 0.1) is 5.92 Å². The summed E-state index contributed by atoms with van der Waals surface area (Å²) in [6.45, 7) is 0.345. The second-order valence-corrected chi connectivity index (χ2v) is 9.23. The summed E-state index contributed by atoms with van der Waals surface area (Å²) in [6.07, 6.45) is 3.58. The molecule has 11 heteroatoms. The molecule has 3 N–H and O–H groups in total. The minimum absolute atomic E-state index is 0. The minimum Gasteiger partial charge on any atom is -0.497 e. The van der Waals surface area contributed by atoms with Crippen LogP contribution in [0.1, 0.15) is 18.4 Å². The Hall–Kier alpha value is -2.24. The number of hydrogen-bond donors (Lipinski definition) is 2. The molecule has 0 spiro atoms. The van der Waals surface area contributed by atoms with Gasteiger partial charge in [-0.3, -0.25) is 15.0 Å². The lowest BCUT2D eigenvalue weighted by atomic mass is 9.91. The van der Waals surface area contributed by atoms with Crippen LogP contribution < -0.4 is 10.5 Å². The third-order valence-corrected chi connectivity index (χ3v) is 7.58. The Bertz CT molecular complexity index is 968. The van der Waals surface area contributed by atoms with Gasteiger partial charge in [-0.1, -0.05) is 0 Å². The van der Waals surface area contributed by atoms with Gasteiger partial charge in [0, 0.05) is 31.5 Å². The molecular weight excluding hydrogens is 446 g/mol. The zero-order valence-electron chi connectivity index (χ0n) is 17.0. The van der Waals surface area contributed by atoms with E-state index >= 15 is 0 Å². The molecule has 1 saturated heterocycles. The molecule has 1 fully saturated rings. The molecule has 1 aromatic carbocycles. The average Bonchev–Trinajstić information content (AvgIpc) is 2.79. The summed E-state index contributed by atoms with van der Waals surface area (Å²) < 4.78 is 37.5. The Balaban J connectivity index is 0.00000341. The first-order valence-electron chi connectivity index (χ1n) is 9.45. The minimum atomic E-state index is -4.36. The van der Waals surface area contributed by atoms with Crippen molar-refractivity contribution in [3.63, 3.8) is 0 Å². The van der Waals surface area contributed by atoms with Gasteiger partial charge in [0.2, 0.25) is 14.7 Å². The van der Waals surface area contributed by atoms with Crippen LogP contribution in [-0.4, -0.2) is 54.8 Å². The molecule has 0 saturated carbocycles. The van der Waals surface area contributed by atoms with E-state index in [0.29, 0.717) is 16.4 Å². The quantitative estimate of drug-likeness (QED) is 0.461. The number of aromatic nitrogens is 1. The topological polar surface area (TPSA) is 132 Å². The summed E-state index contributed by atoms with van der Waals surface area (Å²) in [4.78, 5) is 14.7. The van der Waals surface area contributed by atoms with Gasteiger partial charge in [0.25, 0.3) is 5.91 Å². The predicted octanol–water partition coefficient (Wildman–Crippen LogP) is 1.79. The van der Waals surface area contributed by atoms with Crippen molar-refractivity contribution >= 4 is 28.2 Å². The van der Waals surface area contributed by atoms with Gasteiger partial charge in [-0.2, -0.15) is 0 Å². The van der Waals surface area contributed by atoms with Gasteiger partial charge in [-0.25, -0.2) is 13.5 Å². The third kappa shape index (κ3) is 4.99. The normalized spacial score (nSPS) is 16.6. The van der Waals surface area contributed by atoms with E-state index in [0.717, 1.165) is 0 Å². The van der Waals surface area contributed by atoms with Crippen LogP contribution in [0.5, 0.6) is 5.75 Å². The Morgan fingerprint density at radius 3 is 2.35 bits per heavy atom. The fourth-order valence-electron chi connectivity index (χ4n) is 3.52. The highest BCUT2D eigenvalue weighted by Gasteiger charge is 2.55. The molecule has 1 atom stereocenters. The van der Waals surface area contributed by atoms with E-state index in [2.05, 4.69) is 4.98 Å². The first-order valence-corrected chi connectivity index (χ1v) is 10.9. The molecule has 1 amide bonds. The standard InChI is InChI=1S/C20H25N3O6S.ClH/c1-28-17-2-4-18(5-3-17)30(26,27)20(21,16-8-12-29-13-9-16)19(24)23(25)14-15-6-10-22-11-7-15;/h2-7,10-11,16,25H,8-9,12-14,21H2,1H3;1H/t20-;/m1./s1. The molecule has 170 valence electrons. The molecular formula is C20H26ClN3O6S. The molecule has 0 unspecified atom stereocenters. The molecule has 9 nitrogen and oxygen atoms in total. The van der Waals surface area contributed by atoms with Crippen molar-refractivity contribution in [2.24, 2.45) is 11.7 Å². The molecule has 0 radical (unpaired) electrons. The highest BCUT2D eigenvalue weighted by atomic mass is 35.5. The van der Waals surface area contributed by atoms with Crippen molar-refractivity contribution in [1.29, 1.82) is 0 Å². The van der Waals surface area contributed by atoms with Crippen molar-refractivity contribution in [2.75, 3.05) is 20.3 Å². The number of ether oxygens (including phenoxy) is 2. The zero-order chi connectivity index (χ0) is 21.8. The van der Waals surface area contributed by atoms with Gasteiger partial charge in [0.15, 0.2) is 0 Å². The average molecular weight is 472 g/mol. The number of nitrogens with two attached hydrogens (primary N) is 1. The number of carbonyl (C=O) groups excluding carboxylic acids is 1. The molecule has 31 heavy (non-hydrogen) atoms. The van der Waals surface area contributed by atoms with Gasteiger partial charge in [-0.15, -0.1) is 12.4 Å². The molecule has 2 aromatic rings. The second-order valence-electron chi connectivity index (χ2n) is 7.08. The van der Waals surface area contributed by atoms with Crippen molar-refractivity contribution in [3.05, 3.63) is 54.4 Å². The SMILES string of the molecule is COc1ccc(S(=O)(=O)[C@@](N)(C(=O)N(O)Cc2ccncc2)C2CCOCC2)cc1.Cl. The first kappa shape index (κ1) is 25.0. The van der Waals surface area contributed by atoms with Crippen molar-refractivity contribution in [2.45, 2.75) is 29.2 Å². The Labute approximate surface area is 187 Å². The van der Waals surface area contributed by atoms with Gasteiger partial charge in [0.05, 0.1) is 18.6 Å². The van der Waals surface area contributed by atoms with E-state index < -0.39 is 26.5 Å². The van der Waals surface area contributed by atoms with Crippen LogP contribution in [0.25, 0.3) is 0 Å². The smallest absolute Gasteiger partial charge is 0.282 e. The van der Waals surface area contributed by atoms with E-state index in [1.807, 2.05) is 0 Å². The summed E-state index contributed by atoms with van der Waals surface area (Å²) in [5.74, 6) is -1.34. The summed E-state index contributed by atoms with van der Waals surface area (Å²) in [6, 6.07) is 8.87. The molecule has 3 rings (SSSR count). The van der Waals surface area contributed by atoms with Crippen LogP contribution >= 0.6 is 12.4 Å². The predicted molar refractivity (Wildman–Crippen MR) is 114 cm³/mol. The number of nitrogens with zero attached hydrogens (tertiary/aromatic N) is 2. The lowest BCUT2D eigenvalue weighted by Gasteiger charge is -2.39. The highest BCUT2D eigenvalue weighted by Crippen LogP contribution is 2.36. The molecule has 0 aliphatic carbocycles. The van der Waals surface area contributed by atoms with Crippen LogP contribution in [0.4, 0.5) is 0 Å². The van der Waals surface area contributed by atoms with E-state index in [9.17, 15) is 18.4 Å². The van der Waals surface area contributed by atoms with Crippen molar-refractivity contribution in [1.82, 2.24) is 10.0 Å². The Kier molecular flexibility index (Phi) is 8.38. The molecule has 2 heterocycles. The number of hydrogen-bond acceptors (Lipinski definition) is 8. The summed E-state index contributed by atoms with van der Waals surface area (Å²) >= 11 is 0. The lowest BCUT2D eigenvalue weighted by Crippen LogP contribution is -2.64. The number of methoxy groups -OCH3 is 1. The maximum Gasteiger partial charge on any atom is 0.282 e. The summed E-state index contributed by atoms with van der Waals surface area (Å²) in [7, 11) is -2.90. The largest absolute Gasteiger partial charge is 0.497 e. The molecule has 0 bridgehead atoms. The van der Waals surface area contributed by atoms with Gasteiger partial charge in [-0.05, 0) is 54.8 Å². The van der Waals surface area contributed by atoms with Crippen LogP contribution in [0.3, 0.4) is 0 Å². The number of carbonyl (C=O) groups is 1. The van der Waals surface area contributed by atoms with Crippen molar-refractivity contribution < 1.29 is 27.9 Å². The lowest BCUT2D eigenvalue weighted by molar-refractivity contribution is -0.173.